The highest BCUT2D eigenvalue weighted by atomic mass is 32.2. The molecule has 9 heteroatoms. The van der Waals surface area contributed by atoms with Gasteiger partial charge < -0.3 is 14.6 Å². The molecule has 1 aliphatic rings. The van der Waals surface area contributed by atoms with Crippen LogP contribution in [0.3, 0.4) is 0 Å². The number of hydrogen-bond donors (Lipinski definition) is 1. The third kappa shape index (κ3) is 3.30. The van der Waals surface area contributed by atoms with Gasteiger partial charge in [-0.1, -0.05) is 0 Å². The van der Waals surface area contributed by atoms with Gasteiger partial charge >= 0.3 is 6.03 Å². The first-order chi connectivity index (χ1) is 10.8. The van der Waals surface area contributed by atoms with Crippen molar-refractivity contribution in [3.05, 3.63) is 30.2 Å². The quantitative estimate of drug-likeness (QED) is 0.876. The number of rotatable bonds is 2. The molecule has 1 N–H and O–H groups in total. The molecule has 1 saturated heterocycles. The molecule has 0 radical (unpaired) electrons. The number of anilines is 1. The number of hydrogen-bond acceptors (Lipinski definition) is 4. The van der Waals surface area contributed by atoms with E-state index < -0.39 is 10.0 Å². The topological polar surface area (TPSA) is 87.0 Å². The van der Waals surface area contributed by atoms with Crippen LogP contribution in [0.1, 0.15) is 5.56 Å². The Labute approximate surface area is 134 Å². The summed E-state index contributed by atoms with van der Waals surface area (Å²) in [5.74, 6) is 0. The van der Waals surface area contributed by atoms with E-state index in [4.69, 9.17) is 0 Å². The number of nitrogens with one attached hydrogen (secondary N) is 1. The van der Waals surface area contributed by atoms with Gasteiger partial charge in [0.25, 0.3) is 0 Å². The predicted octanol–water partition coefficient (Wildman–Crippen LogP) is 0.752. The maximum absolute atomic E-state index is 12.3. The van der Waals surface area contributed by atoms with Crippen molar-refractivity contribution in [3.63, 3.8) is 0 Å². The number of piperazine rings is 1. The van der Waals surface area contributed by atoms with Gasteiger partial charge in [-0.3, -0.25) is 0 Å². The average Bonchev–Trinajstić information content (AvgIpc) is 2.95. The van der Waals surface area contributed by atoms with E-state index >= 15 is 0 Å². The van der Waals surface area contributed by atoms with Crippen LogP contribution in [-0.2, 0) is 10.0 Å². The minimum absolute atomic E-state index is 0.225. The summed E-state index contributed by atoms with van der Waals surface area (Å²) in [5.41, 5.74) is 2.50. The fourth-order valence-corrected chi connectivity index (χ4v) is 3.53. The molecule has 0 aliphatic carbocycles. The highest BCUT2D eigenvalue weighted by Crippen LogP contribution is 2.16. The monoisotopic (exact) mass is 337 g/mol. The SMILES string of the molecule is Cc1cc(NC(=O)N2CCN(S(C)(=O)=O)CC2)cn2ccnc12. The number of imidazole rings is 1. The summed E-state index contributed by atoms with van der Waals surface area (Å²) >= 11 is 0. The zero-order valence-corrected chi connectivity index (χ0v) is 13.9. The van der Waals surface area contributed by atoms with Crippen LogP contribution in [0.2, 0.25) is 0 Å². The molecule has 0 unspecified atom stereocenters. The Morgan fingerprint density at radius 3 is 2.61 bits per heavy atom. The Bertz CT molecular complexity index is 837. The lowest BCUT2D eigenvalue weighted by Crippen LogP contribution is -2.51. The number of aromatic nitrogens is 2. The van der Waals surface area contributed by atoms with Gasteiger partial charge in [0.05, 0.1) is 11.9 Å². The Morgan fingerprint density at radius 1 is 1.26 bits per heavy atom. The summed E-state index contributed by atoms with van der Waals surface area (Å²) in [6.07, 6.45) is 6.52. The van der Waals surface area contributed by atoms with Crippen molar-refractivity contribution in [2.75, 3.05) is 37.8 Å². The van der Waals surface area contributed by atoms with Crippen molar-refractivity contribution in [1.29, 1.82) is 0 Å². The van der Waals surface area contributed by atoms with Gasteiger partial charge in [0, 0.05) is 44.8 Å². The lowest BCUT2D eigenvalue weighted by atomic mass is 10.3. The second-order valence-corrected chi connectivity index (χ2v) is 7.63. The van der Waals surface area contributed by atoms with E-state index in [1.54, 1.807) is 17.3 Å². The van der Waals surface area contributed by atoms with E-state index in [0.717, 1.165) is 11.2 Å². The van der Waals surface area contributed by atoms with Crippen LogP contribution in [0.25, 0.3) is 5.65 Å². The molecule has 124 valence electrons. The highest BCUT2D eigenvalue weighted by Gasteiger charge is 2.26. The Morgan fingerprint density at radius 2 is 1.96 bits per heavy atom. The standard InChI is InChI=1S/C14H19N5O3S/c1-11-9-12(10-18-4-3-15-13(11)18)16-14(20)17-5-7-19(8-6-17)23(2,21)22/h3-4,9-10H,5-8H2,1-2H3,(H,16,20). The zero-order valence-electron chi connectivity index (χ0n) is 13.1. The number of fused-ring (bicyclic) bond motifs is 1. The molecule has 0 atom stereocenters. The van der Waals surface area contributed by atoms with Crippen LogP contribution in [0.5, 0.6) is 0 Å². The molecule has 2 amide bonds. The minimum atomic E-state index is -3.19. The third-order valence-corrected chi connectivity index (χ3v) is 5.22. The number of carbonyl (C=O) groups excluding carboxylic acids is 1. The Kier molecular flexibility index (Phi) is 3.99. The number of amides is 2. The van der Waals surface area contributed by atoms with Gasteiger partial charge in [0.1, 0.15) is 5.65 Å². The van der Waals surface area contributed by atoms with Gasteiger partial charge in [-0.2, -0.15) is 4.31 Å². The second-order valence-electron chi connectivity index (χ2n) is 5.65. The summed E-state index contributed by atoms with van der Waals surface area (Å²) in [5, 5.41) is 2.86. The van der Waals surface area contributed by atoms with E-state index in [0.29, 0.717) is 31.9 Å². The molecule has 3 heterocycles. The van der Waals surface area contributed by atoms with E-state index in [1.807, 2.05) is 23.6 Å². The number of pyridine rings is 1. The average molecular weight is 337 g/mol. The molecule has 0 aromatic carbocycles. The van der Waals surface area contributed by atoms with Crippen molar-refractivity contribution in [2.45, 2.75) is 6.92 Å². The maximum atomic E-state index is 12.3. The molecule has 23 heavy (non-hydrogen) atoms. The van der Waals surface area contributed by atoms with Crippen LogP contribution < -0.4 is 5.32 Å². The summed E-state index contributed by atoms with van der Waals surface area (Å²) in [6, 6.07) is 1.64. The first-order valence-corrected chi connectivity index (χ1v) is 9.14. The van der Waals surface area contributed by atoms with Gasteiger partial charge in [0.2, 0.25) is 10.0 Å². The normalized spacial score (nSPS) is 16.7. The summed E-state index contributed by atoms with van der Waals surface area (Å²) in [7, 11) is -3.19. The maximum Gasteiger partial charge on any atom is 0.321 e. The number of nitrogens with zero attached hydrogens (tertiary/aromatic N) is 4. The largest absolute Gasteiger partial charge is 0.322 e. The lowest BCUT2D eigenvalue weighted by molar-refractivity contribution is 0.184. The van der Waals surface area contributed by atoms with Crippen LogP contribution in [0.4, 0.5) is 10.5 Å². The molecule has 1 fully saturated rings. The Balaban J connectivity index is 1.67. The van der Waals surface area contributed by atoms with Gasteiger partial charge in [-0.05, 0) is 18.6 Å². The first-order valence-electron chi connectivity index (χ1n) is 7.29. The molecule has 1 aliphatic heterocycles. The predicted molar refractivity (Wildman–Crippen MR) is 86.9 cm³/mol. The second kappa shape index (κ2) is 5.82. The zero-order chi connectivity index (χ0) is 16.6. The van der Waals surface area contributed by atoms with Crippen LogP contribution in [-0.4, -0.2) is 65.5 Å². The highest BCUT2D eigenvalue weighted by molar-refractivity contribution is 7.88. The molecule has 0 saturated carbocycles. The van der Waals surface area contributed by atoms with Crippen LogP contribution in [0, 0.1) is 6.92 Å². The lowest BCUT2D eigenvalue weighted by Gasteiger charge is -2.33. The van der Waals surface area contributed by atoms with Crippen molar-refractivity contribution < 1.29 is 13.2 Å². The number of carbonyl (C=O) groups is 1. The summed E-state index contributed by atoms with van der Waals surface area (Å²) in [4.78, 5) is 18.2. The van der Waals surface area contributed by atoms with Gasteiger partial charge in [-0.15, -0.1) is 0 Å². The van der Waals surface area contributed by atoms with Crippen molar-refractivity contribution in [2.24, 2.45) is 0 Å². The van der Waals surface area contributed by atoms with Crippen molar-refractivity contribution in [3.8, 4) is 0 Å². The molecular weight excluding hydrogens is 318 g/mol. The number of sulfonamides is 1. The van der Waals surface area contributed by atoms with E-state index in [1.165, 1.54) is 10.6 Å². The fourth-order valence-electron chi connectivity index (χ4n) is 2.70. The fraction of sp³-hybridized carbons (Fsp3) is 0.429. The molecule has 0 spiro atoms. The van der Waals surface area contributed by atoms with Crippen LogP contribution >= 0.6 is 0 Å². The summed E-state index contributed by atoms with van der Waals surface area (Å²) in [6.45, 7) is 3.34. The third-order valence-electron chi connectivity index (χ3n) is 3.92. The van der Waals surface area contributed by atoms with Crippen molar-refractivity contribution >= 4 is 27.4 Å². The molecule has 0 bridgehead atoms. The van der Waals surface area contributed by atoms with E-state index in [-0.39, 0.29) is 6.03 Å². The number of aryl methyl sites for hydroxylation is 1. The summed E-state index contributed by atoms with van der Waals surface area (Å²) < 4.78 is 26.2. The van der Waals surface area contributed by atoms with E-state index in [2.05, 4.69) is 10.3 Å². The first kappa shape index (κ1) is 15.8. The number of urea groups is 1. The Hall–Kier alpha value is -2.13. The molecule has 8 nitrogen and oxygen atoms in total. The molecule has 2 aromatic rings. The molecule has 2 aromatic heterocycles. The van der Waals surface area contributed by atoms with E-state index in [9.17, 15) is 13.2 Å². The van der Waals surface area contributed by atoms with Gasteiger partial charge in [0.15, 0.2) is 0 Å². The molecule has 3 rings (SSSR count). The molecular formula is C14H19N5O3S. The minimum Gasteiger partial charge on any atom is -0.322 e. The van der Waals surface area contributed by atoms with Gasteiger partial charge in [-0.25, -0.2) is 18.2 Å². The van der Waals surface area contributed by atoms with Crippen molar-refractivity contribution in [1.82, 2.24) is 18.6 Å². The smallest absolute Gasteiger partial charge is 0.321 e. The van der Waals surface area contributed by atoms with Crippen LogP contribution in [0.15, 0.2) is 24.7 Å².